The zero-order valence-corrected chi connectivity index (χ0v) is 10.9. The Balaban J connectivity index is 2.36. The van der Waals surface area contributed by atoms with Crippen LogP contribution in [0, 0.1) is 11.6 Å². The van der Waals surface area contributed by atoms with Crippen LogP contribution in [0.4, 0.5) is 22.0 Å². The van der Waals surface area contributed by atoms with E-state index in [9.17, 15) is 26.7 Å². The van der Waals surface area contributed by atoms with Crippen LogP contribution in [0.2, 0.25) is 0 Å². The Morgan fingerprint density at radius 2 is 1.89 bits per heavy atom. The van der Waals surface area contributed by atoms with Gasteiger partial charge in [0.1, 0.15) is 0 Å². The SMILES string of the molecule is O=C(N1CCc2c(F)c(F)cc(Br)c2C1)C(F)(F)F. The van der Waals surface area contributed by atoms with Crippen molar-refractivity contribution in [2.75, 3.05) is 6.54 Å². The highest BCUT2D eigenvalue weighted by Gasteiger charge is 2.43. The maximum atomic E-state index is 13.5. The van der Waals surface area contributed by atoms with Gasteiger partial charge in [-0.1, -0.05) is 15.9 Å². The molecule has 0 atom stereocenters. The lowest BCUT2D eigenvalue weighted by molar-refractivity contribution is -0.186. The molecule has 2 rings (SSSR count). The molecule has 1 aliphatic rings. The number of alkyl halides is 3. The van der Waals surface area contributed by atoms with Crippen molar-refractivity contribution in [3.63, 3.8) is 0 Å². The van der Waals surface area contributed by atoms with Gasteiger partial charge in [0.25, 0.3) is 0 Å². The topological polar surface area (TPSA) is 20.3 Å². The number of hydrogen-bond donors (Lipinski definition) is 0. The largest absolute Gasteiger partial charge is 0.471 e. The molecule has 0 aliphatic carbocycles. The average molecular weight is 344 g/mol. The van der Waals surface area contributed by atoms with Crippen LogP contribution in [-0.2, 0) is 17.8 Å². The number of hydrogen-bond acceptors (Lipinski definition) is 1. The van der Waals surface area contributed by atoms with Crippen molar-refractivity contribution in [2.45, 2.75) is 19.1 Å². The van der Waals surface area contributed by atoms with E-state index in [0.29, 0.717) is 4.90 Å². The minimum atomic E-state index is -4.97. The molecule has 104 valence electrons. The van der Waals surface area contributed by atoms with Gasteiger partial charge in [0.15, 0.2) is 11.6 Å². The zero-order valence-electron chi connectivity index (χ0n) is 9.32. The Morgan fingerprint density at radius 1 is 1.26 bits per heavy atom. The van der Waals surface area contributed by atoms with E-state index in [-0.39, 0.29) is 28.6 Å². The number of benzene rings is 1. The van der Waals surface area contributed by atoms with Crippen molar-refractivity contribution in [3.8, 4) is 0 Å². The maximum absolute atomic E-state index is 13.5. The molecule has 0 aromatic heterocycles. The summed E-state index contributed by atoms with van der Waals surface area (Å²) in [6.45, 7) is -0.691. The molecule has 1 aromatic carbocycles. The summed E-state index contributed by atoms with van der Waals surface area (Å²) >= 11 is 2.97. The van der Waals surface area contributed by atoms with E-state index in [2.05, 4.69) is 15.9 Å². The highest BCUT2D eigenvalue weighted by Crippen LogP contribution is 2.32. The molecule has 0 fully saturated rings. The predicted molar refractivity (Wildman–Crippen MR) is 59.2 cm³/mol. The molecule has 19 heavy (non-hydrogen) atoms. The van der Waals surface area contributed by atoms with Gasteiger partial charge in [-0.3, -0.25) is 4.79 Å². The molecule has 0 bridgehead atoms. The molecule has 1 heterocycles. The van der Waals surface area contributed by atoms with Gasteiger partial charge in [0.05, 0.1) is 0 Å². The van der Waals surface area contributed by atoms with Gasteiger partial charge >= 0.3 is 12.1 Å². The lowest BCUT2D eigenvalue weighted by atomic mass is 9.98. The van der Waals surface area contributed by atoms with Crippen LogP contribution in [0.25, 0.3) is 0 Å². The second-order valence-electron chi connectivity index (χ2n) is 4.09. The summed E-state index contributed by atoms with van der Waals surface area (Å²) in [5.41, 5.74) is 0.181. The quantitative estimate of drug-likeness (QED) is 0.523. The Kier molecular flexibility index (Phi) is 3.55. The van der Waals surface area contributed by atoms with Crippen molar-refractivity contribution < 1.29 is 26.7 Å². The van der Waals surface area contributed by atoms with Crippen molar-refractivity contribution >= 4 is 21.8 Å². The van der Waals surface area contributed by atoms with E-state index in [1.54, 1.807) is 0 Å². The van der Waals surface area contributed by atoms with E-state index < -0.39 is 30.3 Å². The van der Waals surface area contributed by atoms with Crippen molar-refractivity contribution in [2.24, 2.45) is 0 Å². The molecular formula is C11H7BrF5NO. The molecule has 0 N–H and O–H groups in total. The van der Waals surface area contributed by atoms with Crippen molar-refractivity contribution in [1.82, 2.24) is 4.90 Å². The minimum absolute atomic E-state index is 0.0121. The van der Waals surface area contributed by atoms with E-state index in [0.717, 1.165) is 6.07 Å². The lowest BCUT2D eigenvalue weighted by Gasteiger charge is -2.30. The number of carbonyl (C=O) groups excluding carboxylic acids is 1. The summed E-state index contributed by atoms with van der Waals surface area (Å²) in [5.74, 6) is -4.12. The number of halogens is 6. The van der Waals surface area contributed by atoms with E-state index in [1.165, 1.54) is 0 Å². The minimum Gasteiger partial charge on any atom is -0.330 e. The van der Waals surface area contributed by atoms with Crippen LogP contribution in [0.3, 0.4) is 0 Å². The average Bonchev–Trinajstić information content (AvgIpc) is 2.33. The summed E-state index contributed by atoms with van der Waals surface area (Å²) in [4.78, 5) is 11.7. The predicted octanol–water partition coefficient (Wildman–Crippen LogP) is 3.17. The molecule has 1 amide bonds. The van der Waals surface area contributed by atoms with Crippen LogP contribution in [0.1, 0.15) is 11.1 Å². The number of amides is 1. The standard InChI is InChI=1S/C11H7BrF5NO/c12-7-3-8(13)9(14)5-1-2-18(4-6(5)7)10(19)11(15,16)17/h3H,1-2,4H2. The van der Waals surface area contributed by atoms with Crippen LogP contribution in [0.15, 0.2) is 10.5 Å². The summed E-state index contributed by atoms with van der Waals surface area (Å²) in [6, 6.07) is 0.843. The third-order valence-corrected chi connectivity index (χ3v) is 3.60. The van der Waals surface area contributed by atoms with Gasteiger partial charge in [-0.15, -0.1) is 0 Å². The fourth-order valence-corrected chi connectivity index (χ4v) is 2.55. The zero-order chi connectivity index (χ0) is 14.4. The number of nitrogens with zero attached hydrogens (tertiary/aromatic N) is 1. The molecule has 8 heteroatoms. The fourth-order valence-electron chi connectivity index (χ4n) is 1.98. The molecule has 0 spiro atoms. The van der Waals surface area contributed by atoms with E-state index in [1.807, 2.05) is 0 Å². The normalized spacial score (nSPS) is 15.4. The first-order valence-corrected chi connectivity index (χ1v) is 6.02. The summed E-state index contributed by atoms with van der Waals surface area (Å²) in [5, 5.41) is 0. The van der Waals surface area contributed by atoms with Crippen LogP contribution in [0.5, 0.6) is 0 Å². The molecule has 0 saturated heterocycles. The van der Waals surface area contributed by atoms with Gasteiger partial charge in [0.2, 0.25) is 0 Å². The Morgan fingerprint density at radius 3 is 2.47 bits per heavy atom. The number of carbonyl (C=O) groups is 1. The molecule has 2 nitrogen and oxygen atoms in total. The summed E-state index contributed by atoms with van der Waals surface area (Å²) in [7, 11) is 0. The second-order valence-corrected chi connectivity index (χ2v) is 4.94. The first kappa shape index (κ1) is 14.2. The first-order valence-electron chi connectivity index (χ1n) is 5.23. The Labute approximate surface area is 113 Å². The molecule has 0 saturated carbocycles. The monoisotopic (exact) mass is 343 g/mol. The third kappa shape index (κ3) is 2.58. The van der Waals surface area contributed by atoms with Crippen LogP contribution in [-0.4, -0.2) is 23.5 Å². The second kappa shape index (κ2) is 4.73. The highest BCUT2D eigenvalue weighted by atomic mass is 79.9. The Hall–Kier alpha value is -1.18. The maximum Gasteiger partial charge on any atom is 0.471 e. The number of fused-ring (bicyclic) bond motifs is 1. The van der Waals surface area contributed by atoms with E-state index in [4.69, 9.17) is 0 Å². The molecule has 0 unspecified atom stereocenters. The van der Waals surface area contributed by atoms with Gasteiger partial charge in [-0.05, 0) is 23.6 Å². The lowest BCUT2D eigenvalue weighted by Crippen LogP contribution is -2.44. The van der Waals surface area contributed by atoms with Crippen molar-refractivity contribution in [1.29, 1.82) is 0 Å². The summed E-state index contributed by atoms with van der Waals surface area (Å²) in [6.07, 6.45) is -5.12. The smallest absolute Gasteiger partial charge is 0.330 e. The number of rotatable bonds is 0. The molecule has 0 radical (unpaired) electrons. The van der Waals surface area contributed by atoms with Gasteiger partial charge in [0, 0.05) is 17.6 Å². The van der Waals surface area contributed by atoms with Crippen LogP contribution < -0.4 is 0 Å². The fraction of sp³-hybridized carbons (Fsp3) is 0.364. The molecule has 1 aliphatic heterocycles. The Bertz CT molecular complexity index is 543. The molecule has 1 aromatic rings. The molecular weight excluding hydrogens is 337 g/mol. The van der Waals surface area contributed by atoms with Crippen LogP contribution >= 0.6 is 15.9 Å². The van der Waals surface area contributed by atoms with Gasteiger partial charge < -0.3 is 4.90 Å². The van der Waals surface area contributed by atoms with Gasteiger partial charge in [-0.25, -0.2) is 8.78 Å². The first-order chi connectivity index (χ1) is 8.71. The summed E-state index contributed by atoms with van der Waals surface area (Å²) < 4.78 is 63.8. The third-order valence-electron chi connectivity index (χ3n) is 2.89. The van der Waals surface area contributed by atoms with Gasteiger partial charge in [-0.2, -0.15) is 13.2 Å². The van der Waals surface area contributed by atoms with Crippen molar-refractivity contribution in [3.05, 3.63) is 33.3 Å². The van der Waals surface area contributed by atoms with E-state index >= 15 is 0 Å². The highest BCUT2D eigenvalue weighted by molar-refractivity contribution is 9.10.